The van der Waals surface area contributed by atoms with Gasteiger partial charge in [0.05, 0.1) is 17.1 Å². The fourth-order valence-corrected chi connectivity index (χ4v) is 4.42. The largest absolute Gasteiger partial charge is 0.365 e. The van der Waals surface area contributed by atoms with Crippen molar-refractivity contribution >= 4 is 22.6 Å². The predicted molar refractivity (Wildman–Crippen MR) is 108 cm³/mol. The Balaban J connectivity index is 1.57. The number of para-hydroxylation sites is 3. The number of aromatic nitrogens is 2. The van der Waals surface area contributed by atoms with Crippen LogP contribution in [0.5, 0.6) is 0 Å². The minimum atomic E-state index is -0.522. The zero-order valence-electron chi connectivity index (χ0n) is 15.7. The van der Waals surface area contributed by atoms with E-state index in [1.54, 1.807) is 10.6 Å². The number of nitrogens with zero attached hydrogens (tertiary/aromatic N) is 4. The summed E-state index contributed by atoms with van der Waals surface area (Å²) in [6.07, 6.45) is 3.76. The number of hydrogen-bond donors (Lipinski definition) is 0. The molecule has 2 aromatic carbocycles. The van der Waals surface area contributed by atoms with Gasteiger partial charge in [-0.25, -0.2) is 4.98 Å². The first kappa shape index (κ1) is 16.8. The standard InChI is InChI=1S/C23H20N4O/c1-15-10-11-16-6-2-4-8-20(16)26(15)14-17-12-22(28)27-21-9-5-3-7-19(21)25-23(27)18(17)13-24/h2-9,12,15,18H,10-11,14H2,1H3/t15-,18-/m1/s1. The number of rotatable bonds is 2. The van der Waals surface area contributed by atoms with Crippen LogP contribution >= 0.6 is 0 Å². The van der Waals surface area contributed by atoms with Crippen LogP contribution in [0.15, 0.2) is 60.2 Å². The van der Waals surface area contributed by atoms with Crippen LogP contribution in [0.3, 0.4) is 0 Å². The Bertz CT molecular complexity index is 1170. The summed E-state index contributed by atoms with van der Waals surface area (Å²) in [4.78, 5) is 19.9. The molecule has 0 saturated heterocycles. The number of nitriles is 1. The normalized spacial score (nSPS) is 21.1. The second-order valence-electron chi connectivity index (χ2n) is 7.56. The van der Waals surface area contributed by atoms with Crippen LogP contribution in [0.1, 0.15) is 35.4 Å². The monoisotopic (exact) mass is 368 g/mol. The zero-order chi connectivity index (χ0) is 19.3. The summed E-state index contributed by atoms with van der Waals surface area (Å²) in [5.41, 5.74) is 4.85. The van der Waals surface area contributed by atoms with E-state index in [1.807, 2.05) is 30.3 Å². The first-order valence-corrected chi connectivity index (χ1v) is 9.63. The van der Waals surface area contributed by atoms with Crippen LogP contribution in [-0.2, 0) is 6.42 Å². The van der Waals surface area contributed by atoms with Gasteiger partial charge in [0.25, 0.3) is 5.91 Å². The van der Waals surface area contributed by atoms with E-state index in [4.69, 9.17) is 0 Å². The minimum Gasteiger partial charge on any atom is -0.365 e. The van der Waals surface area contributed by atoms with Gasteiger partial charge in [-0.05, 0) is 49.1 Å². The van der Waals surface area contributed by atoms with Crippen LogP contribution < -0.4 is 4.90 Å². The van der Waals surface area contributed by atoms with Crippen molar-refractivity contribution < 1.29 is 4.79 Å². The zero-order valence-corrected chi connectivity index (χ0v) is 15.7. The lowest BCUT2D eigenvalue weighted by atomic mass is 9.92. The Morgan fingerprint density at radius 3 is 2.82 bits per heavy atom. The predicted octanol–water partition coefficient (Wildman–Crippen LogP) is 4.06. The van der Waals surface area contributed by atoms with E-state index in [-0.39, 0.29) is 5.91 Å². The average molecular weight is 368 g/mol. The summed E-state index contributed by atoms with van der Waals surface area (Å²) in [6.45, 7) is 2.77. The van der Waals surface area contributed by atoms with Gasteiger partial charge in [0.2, 0.25) is 0 Å². The Labute approximate surface area is 163 Å². The van der Waals surface area contributed by atoms with Gasteiger partial charge in [0.15, 0.2) is 0 Å². The van der Waals surface area contributed by atoms with Gasteiger partial charge in [0, 0.05) is 24.4 Å². The van der Waals surface area contributed by atoms with Gasteiger partial charge in [0.1, 0.15) is 11.7 Å². The van der Waals surface area contributed by atoms with Crippen molar-refractivity contribution in [2.45, 2.75) is 31.7 Å². The van der Waals surface area contributed by atoms with Crippen molar-refractivity contribution in [3.05, 3.63) is 71.6 Å². The quantitative estimate of drug-likeness (QED) is 0.684. The molecular weight excluding hydrogens is 348 g/mol. The Kier molecular flexibility index (Phi) is 3.80. The van der Waals surface area contributed by atoms with E-state index in [0.29, 0.717) is 18.4 Å². The Hall–Kier alpha value is -3.39. The highest BCUT2D eigenvalue weighted by atomic mass is 16.2. The van der Waals surface area contributed by atoms with Crippen LogP contribution in [0.2, 0.25) is 0 Å². The topological polar surface area (TPSA) is 61.9 Å². The van der Waals surface area contributed by atoms with Crippen LogP contribution in [0, 0.1) is 11.3 Å². The molecule has 28 heavy (non-hydrogen) atoms. The number of carbonyl (C=O) groups excluding carboxylic acids is 1. The first-order chi connectivity index (χ1) is 13.7. The molecule has 138 valence electrons. The second-order valence-corrected chi connectivity index (χ2v) is 7.56. The molecule has 2 aliphatic heterocycles. The van der Waals surface area contributed by atoms with E-state index in [2.05, 4.69) is 41.1 Å². The van der Waals surface area contributed by atoms with Crippen molar-refractivity contribution in [1.82, 2.24) is 9.55 Å². The highest BCUT2D eigenvalue weighted by molar-refractivity contribution is 5.99. The molecule has 5 rings (SSSR count). The number of hydrogen-bond acceptors (Lipinski definition) is 4. The summed E-state index contributed by atoms with van der Waals surface area (Å²) < 4.78 is 1.58. The van der Waals surface area contributed by atoms with E-state index in [1.165, 1.54) is 11.3 Å². The molecule has 5 nitrogen and oxygen atoms in total. The number of allylic oxidation sites excluding steroid dienone is 1. The second kappa shape index (κ2) is 6.35. The number of aryl methyl sites for hydroxylation is 1. The smallest absolute Gasteiger partial charge is 0.256 e. The SMILES string of the molecule is C[C@@H]1CCc2ccccc2N1CC1=CC(=O)n2c(nc3ccccc32)[C@@H]1C#N. The van der Waals surface area contributed by atoms with Gasteiger partial charge in [-0.1, -0.05) is 30.3 Å². The molecule has 0 saturated carbocycles. The molecule has 0 fully saturated rings. The van der Waals surface area contributed by atoms with Crippen LogP contribution in [0.4, 0.5) is 5.69 Å². The van der Waals surface area contributed by atoms with Crippen LogP contribution in [0.25, 0.3) is 11.0 Å². The molecule has 0 unspecified atom stereocenters. The van der Waals surface area contributed by atoms with Gasteiger partial charge < -0.3 is 4.90 Å². The van der Waals surface area contributed by atoms with Gasteiger partial charge >= 0.3 is 0 Å². The van der Waals surface area contributed by atoms with Crippen molar-refractivity contribution in [2.24, 2.45) is 0 Å². The number of imidazole rings is 1. The molecule has 3 aromatic rings. The van der Waals surface area contributed by atoms with Gasteiger partial charge in [-0.2, -0.15) is 5.26 Å². The number of carbonyl (C=O) groups is 1. The van der Waals surface area contributed by atoms with Crippen molar-refractivity contribution in [1.29, 1.82) is 5.26 Å². The van der Waals surface area contributed by atoms with E-state index in [9.17, 15) is 10.1 Å². The van der Waals surface area contributed by atoms with E-state index >= 15 is 0 Å². The average Bonchev–Trinajstić information content (AvgIpc) is 3.10. The maximum Gasteiger partial charge on any atom is 0.256 e. The van der Waals surface area contributed by atoms with Gasteiger partial charge in [-0.3, -0.25) is 9.36 Å². The van der Waals surface area contributed by atoms with E-state index in [0.717, 1.165) is 29.4 Å². The lowest BCUT2D eigenvalue weighted by Gasteiger charge is -2.38. The number of benzene rings is 2. The summed E-state index contributed by atoms with van der Waals surface area (Å²) in [7, 11) is 0. The van der Waals surface area contributed by atoms with E-state index < -0.39 is 5.92 Å². The number of fused-ring (bicyclic) bond motifs is 4. The lowest BCUT2D eigenvalue weighted by Crippen LogP contribution is -2.40. The summed E-state index contributed by atoms with van der Waals surface area (Å²) in [5, 5.41) is 9.94. The molecule has 2 aliphatic rings. The van der Waals surface area contributed by atoms with Crippen LogP contribution in [-0.4, -0.2) is 28.0 Å². The molecule has 0 bridgehead atoms. The maximum absolute atomic E-state index is 12.9. The fourth-order valence-electron chi connectivity index (χ4n) is 4.42. The summed E-state index contributed by atoms with van der Waals surface area (Å²) >= 11 is 0. The fraction of sp³-hybridized carbons (Fsp3) is 0.261. The highest BCUT2D eigenvalue weighted by Crippen LogP contribution is 2.36. The third-order valence-corrected chi connectivity index (χ3v) is 5.89. The van der Waals surface area contributed by atoms with Crippen molar-refractivity contribution in [2.75, 3.05) is 11.4 Å². The summed E-state index contributed by atoms with van der Waals surface area (Å²) in [5.74, 6) is -0.112. The molecule has 0 amide bonds. The number of anilines is 1. The van der Waals surface area contributed by atoms with Crippen molar-refractivity contribution in [3.63, 3.8) is 0 Å². The molecular formula is C23H20N4O. The molecule has 2 atom stereocenters. The van der Waals surface area contributed by atoms with Gasteiger partial charge in [-0.15, -0.1) is 0 Å². The third kappa shape index (κ3) is 2.45. The molecule has 0 spiro atoms. The maximum atomic E-state index is 12.9. The minimum absolute atomic E-state index is 0.122. The molecule has 0 aliphatic carbocycles. The molecule has 0 N–H and O–H groups in total. The first-order valence-electron chi connectivity index (χ1n) is 9.63. The van der Waals surface area contributed by atoms with Crippen molar-refractivity contribution in [3.8, 4) is 6.07 Å². The molecule has 5 heteroatoms. The third-order valence-electron chi connectivity index (χ3n) is 5.89. The summed E-state index contributed by atoms with van der Waals surface area (Å²) in [6, 6.07) is 18.7. The highest BCUT2D eigenvalue weighted by Gasteiger charge is 2.33. The Morgan fingerprint density at radius 1 is 1.18 bits per heavy atom. The molecule has 3 heterocycles. The lowest BCUT2D eigenvalue weighted by molar-refractivity contribution is 0.0964. The molecule has 1 aromatic heterocycles. The Morgan fingerprint density at radius 2 is 1.96 bits per heavy atom. The molecule has 0 radical (unpaired) electrons.